The van der Waals surface area contributed by atoms with E-state index in [0.717, 1.165) is 5.56 Å². The van der Waals surface area contributed by atoms with Crippen molar-refractivity contribution in [2.75, 3.05) is 0 Å². The molecule has 0 saturated heterocycles. The van der Waals surface area contributed by atoms with Crippen LogP contribution in [0.2, 0.25) is 0 Å². The Balaban J connectivity index is 0.000000252. The van der Waals surface area contributed by atoms with E-state index < -0.39 is 7.25 Å². The van der Waals surface area contributed by atoms with Crippen molar-refractivity contribution in [2.24, 2.45) is 0 Å². The van der Waals surface area contributed by atoms with E-state index >= 15 is 0 Å². The molecule has 0 unspecified atom stereocenters. The molecule has 0 fully saturated rings. The largest absolute Gasteiger partial charge is 0.673 e. The van der Waals surface area contributed by atoms with Crippen LogP contribution in [0.25, 0.3) is 0 Å². The van der Waals surface area contributed by atoms with Crippen LogP contribution in [0, 0.1) is 6.92 Å². The van der Waals surface area contributed by atoms with Gasteiger partial charge in [-0.05, 0) is 13.0 Å². The Morgan fingerprint density at radius 1 is 1.23 bits per heavy atom. The van der Waals surface area contributed by atoms with Gasteiger partial charge in [0.25, 0.3) is 0 Å². The summed E-state index contributed by atoms with van der Waals surface area (Å²) in [4.78, 5) is 0.537. The lowest BCUT2D eigenvalue weighted by molar-refractivity contribution is -0.844. The van der Waals surface area contributed by atoms with E-state index in [1.807, 2.05) is 13.0 Å². The normalized spacial score (nSPS) is 10.3. The maximum atomic E-state index is 12.1. The number of pyridine rings is 1. The van der Waals surface area contributed by atoms with Gasteiger partial charge in [0.1, 0.15) is 0 Å². The fraction of sp³-hybridized carbons (Fsp3) is 0.167. The summed E-state index contributed by atoms with van der Waals surface area (Å²) in [5.74, 6) is 0. The summed E-state index contributed by atoms with van der Waals surface area (Å²) in [7, 11) is -6.00. The average Bonchev–Trinajstić information content (AvgIpc) is 1.81. The lowest BCUT2D eigenvalue weighted by atomic mass is 10.3. The summed E-state index contributed by atoms with van der Waals surface area (Å²) in [6.45, 7) is 1.84. The SMILES string of the molecule is Cc1ccc[n+](F)c1.F[B-](F)(F)F. The fourth-order valence-electron chi connectivity index (χ4n) is 0.558. The van der Waals surface area contributed by atoms with Gasteiger partial charge in [-0.15, -0.1) is 0 Å². The van der Waals surface area contributed by atoms with E-state index in [0.29, 0.717) is 4.79 Å². The molecule has 0 bridgehead atoms. The summed E-state index contributed by atoms with van der Waals surface area (Å²) >= 11 is 0. The lowest BCUT2D eigenvalue weighted by Gasteiger charge is -1.94. The molecule has 1 aromatic heterocycles. The molecule has 1 heterocycles. The third-order valence-electron chi connectivity index (χ3n) is 0.915. The molecular formula is C6H7BF5N. The molecule has 1 rings (SSSR count). The molecule has 7 heteroatoms. The Labute approximate surface area is 71.8 Å². The Kier molecular flexibility index (Phi) is 4.37. The third-order valence-corrected chi connectivity index (χ3v) is 0.915. The summed E-state index contributed by atoms with van der Waals surface area (Å²) in [5.41, 5.74) is 0.926. The summed E-state index contributed by atoms with van der Waals surface area (Å²) < 4.78 is 51.1. The number of aromatic nitrogens is 1. The average molecular weight is 199 g/mol. The van der Waals surface area contributed by atoms with Crippen LogP contribution < -0.4 is 4.79 Å². The first-order valence-electron chi connectivity index (χ1n) is 3.30. The van der Waals surface area contributed by atoms with Crippen molar-refractivity contribution >= 4 is 7.25 Å². The van der Waals surface area contributed by atoms with E-state index in [-0.39, 0.29) is 0 Å². The molecule has 0 radical (unpaired) electrons. The highest BCUT2D eigenvalue weighted by Gasteiger charge is 2.20. The topological polar surface area (TPSA) is 3.88 Å². The van der Waals surface area contributed by atoms with Gasteiger partial charge in [0.15, 0.2) is 0 Å². The van der Waals surface area contributed by atoms with Crippen molar-refractivity contribution in [2.45, 2.75) is 6.92 Å². The van der Waals surface area contributed by atoms with Crippen LogP contribution in [-0.2, 0) is 0 Å². The Hall–Kier alpha value is -1.14. The van der Waals surface area contributed by atoms with Gasteiger partial charge < -0.3 is 17.3 Å². The first kappa shape index (κ1) is 11.9. The standard InChI is InChI=1S/C6H7FN.BF4/c1-6-3-2-4-8(7)5-6;2-1(3,4)5/h2-5H,1H3;/q+1;-1. The van der Waals surface area contributed by atoms with Gasteiger partial charge in [0, 0.05) is 16.4 Å². The quantitative estimate of drug-likeness (QED) is 0.445. The maximum Gasteiger partial charge on any atom is 0.673 e. The van der Waals surface area contributed by atoms with Crippen molar-refractivity contribution in [1.82, 2.24) is 0 Å². The summed E-state index contributed by atoms with van der Waals surface area (Å²) in [5, 5.41) is 0. The van der Waals surface area contributed by atoms with Crippen molar-refractivity contribution in [3.8, 4) is 0 Å². The van der Waals surface area contributed by atoms with Crippen molar-refractivity contribution < 1.29 is 26.5 Å². The van der Waals surface area contributed by atoms with Crippen LogP contribution in [-0.4, -0.2) is 7.25 Å². The molecule has 0 spiro atoms. The smallest absolute Gasteiger partial charge is 0.418 e. The van der Waals surface area contributed by atoms with E-state index in [4.69, 9.17) is 0 Å². The van der Waals surface area contributed by atoms with E-state index in [9.17, 15) is 21.7 Å². The number of rotatable bonds is 0. The first-order valence-corrected chi connectivity index (χ1v) is 3.30. The number of hydrogen-bond acceptors (Lipinski definition) is 0. The number of aryl methyl sites for hydroxylation is 1. The second-order valence-electron chi connectivity index (χ2n) is 2.22. The lowest BCUT2D eigenvalue weighted by Crippen LogP contribution is -2.20. The zero-order valence-corrected chi connectivity index (χ0v) is 6.72. The predicted molar refractivity (Wildman–Crippen MR) is 38.1 cm³/mol. The van der Waals surface area contributed by atoms with Gasteiger partial charge in [-0.2, -0.15) is 0 Å². The maximum absolute atomic E-state index is 12.1. The molecule has 0 amide bonds. The molecule has 0 aromatic carbocycles. The molecule has 0 saturated carbocycles. The molecule has 1 nitrogen and oxygen atoms in total. The summed E-state index contributed by atoms with van der Waals surface area (Å²) in [6.07, 6.45) is 2.77. The van der Waals surface area contributed by atoms with Crippen LogP contribution >= 0.6 is 0 Å². The monoisotopic (exact) mass is 199 g/mol. The molecule has 1 aromatic rings. The molecule has 0 N–H and O–H groups in total. The highest BCUT2D eigenvalue weighted by atomic mass is 19.5. The molecule has 0 aliphatic heterocycles. The van der Waals surface area contributed by atoms with E-state index in [2.05, 4.69) is 0 Å². The summed E-state index contributed by atoms with van der Waals surface area (Å²) in [6, 6.07) is 3.51. The second kappa shape index (κ2) is 4.79. The minimum absolute atomic E-state index is 0.537. The minimum atomic E-state index is -6.00. The zero-order valence-electron chi connectivity index (χ0n) is 6.72. The van der Waals surface area contributed by atoms with E-state index in [1.165, 1.54) is 12.4 Å². The number of hydrogen-bond donors (Lipinski definition) is 0. The van der Waals surface area contributed by atoms with Crippen LogP contribution in [0.15, 0.2) is 24.5 Å². The van der Waals surface area contributed by atoms with Gasteiger partial charge in [0.05, 0.1) is 4.48 Å². The predicted octanol–water partition coefficient (Wildman–Crippen LogP) is 2.32. The Morgan fingerprint density at radius 3 is 1.92 bits per heavy atom. The first-order chi connectivity index (χ1) is 5.79. The molecule has 13 heavy (non-hydrogen) atoms. The van der Waals surface area contributed by atoms with Gasteiger partial charge in [-0.25, -0.2) is 0 Å². The van der Waals surface area contributed by atoms with Crippen LogP contribution in [0.3, 0.4) is 0 Å². The van der Waals surface area contributed by atoms with Gasteiger partial charge in [0.2, 0.25) is 12.4 Å². The van der Waals surface area contributed by atoms with Crippen molar-refractivity contribution in [3.05, 3.63) is 30.1 Å². The molecular weight excluding hydrogens is 192 g/mol. The molecule has 74 valence electrons. The van der Waals surface area contributed by atoms with Crippen molar-refractivity contribution in [1.29, 1.82) is 0 Å². The third kappa shape index (κ3) is 10.9. The van der Waals surface area contributed by atoms with Gasteiger partial charge in [-0.1, -0.05) is 0 Å². The molecule has 0 atom stereocenters. The number of nitrogens with zero attached hydrogens (tertiary/aromatic N) is 1. The number of halogens is 5. The zero-order chi connectivity index (χ0) is 10.5. The highest BCUT2D eigenvalue weighted by Crippen LogP contribution is 2.06. The van der Waals surface area contributed by atoms with Crippen LogP contribution in [0.5, 0.6) is 0 Å². The van der Waals surface area contributed by atoms with Crippen LogP contribution in [0.4, 0.5) is 21.7 Å². The second-order valence-corrected chi connectivity index (χ2v) is 2.22. The van der Waals surface area contributed by atoms with Gasteiger partial charge in [-0.3, -0.25) is 0 Å². The Bertz CT molecular complexity index is 238. The van der Waals surface area contributed by atoms with E-state index in [1.54, 1.807) is 6.07 Å². The molecule has 0 aliphatic rings. The van der Waals surface area contributed by atoms with Crippen LogP contribution in [0.1, 0.15) is 5.56 Å². The molecule has 0 aliphatic carbocycles. The minimum Gasteiger partial charge on any atom is -0.418 e. The Morgan fingerprint density at radius 2 is 1.69 bits per heavy atom. The van der Waals surface area contributed by atoms with Gasteiger partial charge >= 0.3 is 7.25 Å². The van der Waals surface area contributed by atoms with Crippen molar-refractivity contribution in [3.63, 3.8) is 0 Å². The fourth-order valence-corrected chi connectivity index (χ4v) is 0.558. The highest BCUT2D eigenvalue weighted by molar-refractivity contribution is 6.50.